The number of nitrogens with zero attached hydrogens (tertiary/aromatic N) is 1. The molecule has 0 unspecified atom stereocenters. The van der Waals surface area contributed by atoms with Gasteiger partial charge in [0.05, 0.1) is 22.7 Å². The third-order valence-electron chi connectivity index (χ3n) is 5.29. The number of anilines is 1. The van der Waals surface area contributed by atoms with Crippen LogP contribution in [0.1, 0.15) is 16.7 Å². The van der Waals surface area contributed by atoms with E-state index in [1.807, 2.05) is 18.2 Å². The van der Waals surface area contributed by atoms with Crippen LogP contribution in [0.3, 0.4) is 0 Å². The summed E-state index contributed by atoms with van der Waals surface area (Å²) < 4.78 is 25.7. The highest BCUT2D eigenvalue weighted by atomic mass is 35.5. The fourth-order valence-corrected chi connectivity index (χ4v) is 5.19. The summed E-state index contributed by atoms with van der Waals surface area (Å²) in [6.45, 7) is 4.18. The number of carbonyl (C=O) groups is 1. The van der Waals surface area contributed by atoms with E-state index in [9.17, 15) is 9.18 Å². The first-order valence-electron chi connectivity index (χ1n) is 10.7. The molecule has 1 saturated heterocycles. The van der Waals surface area contributed by atoms with E-state index in [2.05, 4.69) is 6.58 Å². The number of rotatable bonds is 8. The molecule has 184 valence electrons. The van der Waals surface area contributed by atoms with Crippen LogP contribution < -0.4 is 14.4 Å². The van der Waals surface area contributed by atoms with Gasteiger partial charge in [0.15, 0.2) is 15.8 Å². The van der Waals surface area contributed by atoms with Crippen molar-refractivity contribution >= 4 is 69.2 Å². The summed E-state index contributed by atoms with van der Waals surface area (Å²) in [5.74, 6) is 0.231. The minimum Gasteiger partial charge on any atom is -0.493 e. The zero-order chi connectivity index (χ0) is 25.8. The van der Waals surface area contributed by atoms with Crippen molar-refractivity contribution < 1.29 is 18.7 Å². The zero-order valence-corrected chi connectivity index (χ0v) is 22.2. The second-order valence-corrected chi connectivity index (χ2v) is 10.3. The van der Waals surface area contributed by atoms with E-state index < -0.39 is 5.82 Å². The van der Waals surface area contributed by atoms with Crippen molar-refractivity contribution in [3.63, 3.8) is 0 Å². The van der Waals surface area contributed by atoms with Gasteiger partial charge in [-0.2, -0.15) is 0 Å². The van der Waals surface area contributed by atoms with Gasteiger partial charge >= 0.3 is 0 Å². The van der Waals surface area contributed by atoms with Crippen LogP contribution in [0.5, 0.6) is 11.5 Å². The van der Waals surface area contributed by atoms with Gasteiger partial charge in [-0.25, -0.2) is 4.39 Å². The van der Waals surface area contributed by atoms with E-state index in [1.165, 1.54) is 23.1 Å². The van der Waals surface area contributed by atoms with E-state index >= 15 is 0 Å². The number of benzene rings is 3. The molecule has 0 atom stereocenters. The lowest BCUT2D eigenvalue weighted by atomic mass is 10.0. The standard InChI is InChI=1S/C27H20Cl2FNO3S2/c1-3-4-18-11-17(12-23(33-2)25(18)34-15-16-5-7-19(28)8-6-16)13-24-26(32)31(27(35)36-24)20-9-10-22(30)21(29)14-20/h3,5-14H,1,4,15H2,2H3/b24-13-. The number of halogens is 3. The molecular weight excluding hydrogens is 540 g/mol. The van der Waals surface area contributed by atoms with Gasteiger partial charge in [-0.15, -0.1) is 6.58 Å². The van der Waals surface area contributed by atoms with E-state index in [4.69, 9.17) is 44.9 Å². The number of carbonyl (C=O) groups excluding carboxylic acids is 1. The highest BCUT2D eigenvalue weighted by Crippen LogP contribution is 2.39. The molecule has 4 nitrogen and oxygen atoms in total. The molecule has 0 N–H and O–H groups in total. The van der Waals surface area contributed by atoms with Gasteiger partial charge in [-0.3, -0.25) is 9.69 Å². The van der Waals surface area contributed by atoms with Gasteiger partial charge in [0.2, 0.25) is 0 Å². The maximum Gasteiger partial charge on any atom is 0.270 e. The number of allylic oxidation sites excluding steroid dienone is 1. The van der Waals surface area contributed by atoms with Crippen LogP contribution in [0, 0.1) is 5.82 Å². The van der Waals surface area contributed by atoms with Crippen LogP contribution >= 0.6 is 47.2 Å². The summed E-state index contributed by atoms with van der Waals surface area (Å²) in [6.07, 6.45) is 4.04. The molecule has 1 aliphatic heterocycles. The Labute approximate surface area is 228 Å². The van der Waals surface area contributed by atoms with Gasteiger partial charge < -0.3 is 9.47 Å². The Balaban J connectivity index is 1.64. The Morgan fingerprint density at radius 2 is 1.89 bits per heavy atom. The lowest BCUT2D eigenvalue weighted by molar-refractivity contribution is -0.113. The average Bonchev–Trinajstić information content (AvgIpc) is 3.13. The van der Waals surface area contributed by atoms with Crippen molar-refractivity contribution in [2.24, 2.45) is 0 Å². The summed E-state index contributed by atoms with van der Waals surface area (Å²) in [5, 5.41) is 0.569. The number of methoxy groups -OCH3 is 1. The first-order chi connectivity index (χ1) is 17.3. The molecule has 3 aromatic rings. The molecule has 36 heavy (non-hydrogen) atoms. The van der Waals surface area contributed by atoms with Crippen molar-refractivity contribution in [1.82, 2.24) is 0 Å². The molecule has 0 aromatic heterocycles. The molecule has 0 spiro atoms. The Bertz CT molecular complexity index is 1380. The van der Waals surface area contributed by atoms with Crippen molar-refractivity contribution in [2.45, 2.75) is 13.0 Å². The first kappa shape index (κ1) is 26.2. The van der Waals surface area contributed by atoms with Gasteiger partial charge in [-0.1, -0.05) is 65.4 Å². The number of hydrogen-bond donors (Lipinski definition) is 0. The van der Waals surface area contributed by atoms with Crippen LogP contribution in [-0.2, 0) is 17.8 Å². The number of thiocarbonyl (C=S) groups is 1. The maximum absolute atomic E-state index is 13.6. The summed E-state index contributed by atoms with van der Waals surface area (Å²) in [5.41, 5.74) is 2.95. The lowest BCUT2D eigenvalue weighted by Gasteiger charge is -2.16. The van der Waals surface area contributed by atoms with Crippen LogP contribution in [0.2, 0.25) is 10.0 Å². The number of thioether (sulfide) groups is 1. The van der Waals surface area contributed by atoms with E-state index in [1.54, 1.807) is 37.5 Å². The minimum absolute atomic E-state index is 0.0847. The fraction of sp³-hybridized carbons (Fsp3) is 0.111. The smallest absolute Gasteiger partial charge is 0.270 e. The van der Waals surface area contributed by atoms with Crippen molar-refractivity contribution in [2.75, 3.05) is 12.0 Å². The molecule has 1 amide bonds. The fourth-order valence-electron chi connectivity index (χ4n) is 3.59. The Morgan fingerprint density at radius 3 is 2.56 bits per heavy atom. The second kappa shape index (κ2) is 11.5. The highest BCUT2D eigenvalue weighted by Gasteiger charge is 2.33. The largest absolute Gasteiger partial charge is 0.493 e. The van der Waals surface area contributed by atoms with Crippen LogP contribution in [0.4, 0.5) is 10.1 Å². The normalized spacial score (nSPS) is 14.4. The van der Waals surface area contributed by atoms with Gasteiger partial charge in [-0.05, 0) is 66.1 Å². The van der Waals surface area contributed by atoms with Crippen molar-refractivity contribution in [3.05, 3.63) is 105 Å². The number of hydrogen-bond acceptors (Lipinski definition) is 5. The quantitative estimate of drug-likeness (QED) is 0.159. The molecule has 9 heteroatoms. The van der Waals surface area contributed by atoms with Crippen molar-refractivity contribution in [3.8, 4) is 11.5 Å². The molecule has 0 bridgehead atoms. The third kappa shape index (κ3) is 5.76. The molecule has 0 aliphatic carbocycles. The summed E-state index contributed by atoms with van der Waals surface area (Å²) >= 11 is 18.4. The second-order valence-electron chi connectivity index (χ2n) is 7.73. The van der Waals surface area contributed by atoms with E-state index in [0.29, 0.717) is 44.5 Å². The minimum atomic E-state index is -0.568. The van der Waals surface area contributed by atoms with Crippen molar-refractivity contribution in [1.29, 1.82) is 0 Å². The molecular formula is C27H20Cl2FNO3S2. The maximum atomic E-state index is 13.6. The Kier molecular flexibility index (Phi) is 8.36. The third-order valence-corrected chi connectivity index (χ3v) is 7.13. The molecule has 0 saturated carbocycles. The molecule has 1 aliphatic rings. The summed E-state index contributed by atoms with van der Waals surface area (Å²) in [6, 6.07) is 15.2. The number of ether oxygens (including phenoxy) is 2. The molecule has 0 radical (unpaired) electrons. The summed E-state index contributed by atoms with van der Waals surface area (Å²) in [7, 11) is 1.56. The van der Waals surface area contributed by atoms with E-state index in [0.717, 1.165) is 28.5 Å². The average molecular weight is 560 g/mol. The molecule has 1 fully saturated rings. The Hall–Kier alpha value is -2.84. The van der Waals surface area contributed by atoms with Crippen LogP contribution in [0.25, 0.3) is 6.08 Å². The highest BCUT2D eigenvalue weighted by molar-refractivity contribution is 8.27. The molecule has 1 heterocycles. The van der Waals surface area contributed by atoms with Crippen LogP contribution in [0.15, 0.2) is 72.2 Å². The van der Waals surface area contributed by atoms with Crippen LogP contribution in [-0.4, -0.2) is 17.3 Å². The summed E-state index contributed by atoms with van der Waals surface area (Å²) in [4.78, 5) is 14.9. The van der Waals surface area contributed by atoms with Gasteiger partial charge in [0, 0.05) is 10.6 Å². The molecule has 4 rings (SSSR count). The monoisotopic (exact) mass is 559 g/mol. The topological polar surface area (TPSA) is 38.8 Å². The predicted octanol–water partition coefficient (Wildman–Crippen LogP) is 7.85. The zero-order valence-electron chi connectivity index (χ0n) is 19.1. The Morgan fingerprint density at radius 1 is 1.14 bits per heavy atom. The predicted molar refractivity (Wildman–Crippen MR) is 150 cm³/mol. The van der Waals surface area contributed by atoms with Gasteiger partial charge in [0.25, 0.3) is 5.91 Å². The number of amides is 1. The lowest BCUT2D eigenvalue weighted by Crippen LogP contribution is -2.27. The SMILES string of the molecule is C=CCc1cc(/C=C2\SC(=S)N(c3ccc(F)c(Cl)c3)C2=O)cc(OC)c1OCc1ccc(Cl)cc1. The first-order valence-corrected chi connectivity index (χ1v) is 12.7. The van der Waals surface area contributed by atoms with E-state index in [-0.39, 0.29) is 10.9 Å². The molecule has 3 aromatic carbocycles. The van der Waals surface area contributed by atoms with Gasteiger partial charge in [0.1, 0.15) is 12.4 Å².